The minimum absolute atomic E-state index is 0.976. The first kappa shape index (κ1) is 97.5. The van der Waals surface area contributed by atoms with Gasteiger partial charge < -0.3 is 0 Å². The Morgan fingerprint density at radius 1 is 0.121 bits per heavy atom. The molecule has 0 aliphatic carbocycles. The lowest BCUT2D eigenvalue weighted by Gasteiger charge is -2.05. The van der Waals surface area contributed by atoms with Gasteiger partial charge in [0.2, 0.25) is 0 Å². The molecule has 0 saturated heterocycles. The van der Waals surface area contributed by atoms with Crippen LogP contribution in [0.4, 0.5) is 0 Å². The van der Waals surface area contributed by atoms with E-state index in [1.165, 1.54) is 319 Å². The highest BCUT2D eigenvalue weighted by Crippen LogP contribution is 2.28. The van der Waals surface area contributed by atoms with Crippen LogP contribution in [0.15, 0.2) is 273 Å². The normalized spacial score (nSPS) is 10.9. The van der Waals surface area contributed by atoms with E-state index in [4.69, 9.17) is 0 Å². The molecule has 0 unspecified atom stereocenters. The summed E-state index contributed by atoms with van der Waals surface area (Å²) >= 11 is 0. The van der Waals surface area contributed by atoms with Crippen molar-refractivity contribution in [2.24, 2.45) is 0 Å². The van der Waals surface area contributed by atoms with Gasteiger partial charge >= 0.3 is 0 Å². The van der Waals surface area contributed by atoms with E-state index in [0.29, 0.717) is 0 Å². The Hall–Kier alpha value is -12.0. The highest BCUT2D eigenvalue weighted by Gasteiger charge is 2.07. The molecule has 0 N–H and O–H groups in total. The molecule has 0 nitrogen and oxygen atoms in total. The summed E-state index contributed by atoms with van der Waals surface area (Å²) in [7, 11) is 0. The monoisotopic (exact) mass is 1730 g/mol. The third kappa shape index (κ3) is 34.6. The number of rotatable bonds is 45. The van der Waals surface area contributed by atoms with Crippen molar-refractivity contribution in [2.75, 3.05) is 0 Å². The van der Waals surface area contributed by atoms with Gasteiger partial charge in [-0.1, -0.05) is 471 Å². The summed E-state index contributed by atoms with van der Waals surface area (Å²) in [6.45, 7) is 6.91. The second kappa shape index (κ2) is 56.7. The molecule has 0 saturated carbocycles. The topological polar surface area (TPSA) is 0 Å². The Bertz CT molecular complexity index is 5620. The van der Waals surface area contributed by atoms with Crippen LogP contribution >= 0.6 is 0 Å². The van der Waals surface area contributed by atoms with Crippen LogP contribution < -0.4 is 0 Å². The summed E-state index contributed by atoms with van der Waals surface area (Å²) < 4.78 is 0. The van der Waals surface area contributed by atoms with Crippen molar-refractivity contribution < 1.29 is 0 Å². The minimum Gasteiger partial charge on any atom is -0.0654 e. The molecular weight excluding hydrogens is 1590 g/mol. The zero-order valence-corrected chi connectivity index (χ0v) is 80.3. The van der Waals surface area contributed by atoms with Gasteiger partial charge in [-0.15, -0.1) is 0 Å². The molecule has 24 bridgehead atoms. The van der Waals surface area contributed by atoms with E-state index >= 15 is 0 Å². The van der Waals surface area contributed by atoms with Crippen LogP contribution in [0, 0.1) is 72.8 Å². The quantitative estimate of drug-likeness (QED) is 0.0334. The number of hydrogen-bond donors (Lipinski definition) is 0. The summed E-state index contributed by atoms with van der Waals surface area (Å²) in [5, 5.41) is 25.8. The molecule has 0 spiro atoms. The standard InChI is InChI=1S/C132H144/c1-4-7-10-13-16-19-22-25-28-31-34-37-40-43-49-115-94-118-67-61-109-70-82-121(83-71-109)127-55-47-53-113(98-127)65-59-107-78-90-125(91-79-107)131-101-117(51-45-42-39-36-33-30-27-24-21-18-15-12-9-6-3)96-120(105-131)69-63-111-74-86-123(87-75-111)129-57-48-54-114(99-129)66-60-108-80-92-126(93-81-108)132-102-116(50-44-41-38-35-32-29-26-23-20-17-14-11-8-5-2)95-119(104-132)68-62-110-72-84-122(85-73-110)128-56-46-52-112(97-128)64-58-106-76-88-124(89-77-106)130(100-115)103-118/h46-48,52-57,70-105H,4-45,49-51H2,1-3H3. The largest absolute Gasteiger partial charge is 0.0654 e. The van der Waals surface area contributed by atoms with Crippen LogP contribution in [0.5, 0.6) is 0 Å². The lowest BCUT2D eigenvalue weighted by atomic mass is 10.0. The maximum atomic E-state index is 3.63. The lowest BCUT2D eigenvalue weighted by Crippen LogP contribution is -1.87. The summed E-state index contributed by atoms with van der Waals surface area (Å²) in [5.41, 5.74) is 4.02. The summed E-state index contributed by atoms with van der Waals surface area (Å²) in [6, 6.07) is 142. The minimum atomic E-state index is 0.976. The highest BCUT2D eigenvalue weighted by molar-refractivity contribution is 5.92. The summed E-state index contributed by atoms with van der Waals surface area (Å²) in [4.78, 5) is 0. The van der Waals surface area contributed by atoms with Crippen LogP contribution in [-0.4, -0.2) is 0 Å². The molecule has 0 heteroatoms. The van der Waals surface area contributed by atoms with Crippen molar-refractivity contribution in [2.45, 2.75) is 310 Å². The van der Waals surface area contributed by atoms with E-state index in [1.807, 2.05) is 0 Å². The van der Waals surface area contributed by atoms with Crippen molar-refractivity contribution >= 4 is 129 Å². The molecule has 22 aromatic rings. The van der Waals surface area contributed by atoms with Crippen LogP contribution in [0.1, 0.15) is 307 Å². The second-order valence-corrected chi connectivity index (χ2v) is 37.5. The van der Waals surface area contributed by atoms with E-state index in [9.17, 15) is 0 Å². The van der Waals surface area contributed by atoms with Crippen LogP contribution in [0.3, 0.4) is 0 Å². The molecule has 0 atom stereocenters. The number of benzene rings is 12. The summed E-state index contributed by atoms with van der Waals surface area (Å²) in [5.74, 6) is 0. The molecule has 0 aliphatic heterocycles. The Morgan fingerprint density at radius 3 is 0.477 bits per heavy atom. The molecule has 0 heterocycles. The molecule has 0 aliphatic rings. The Balaban J connectivity index is 0.801. The van der Waals surface area contributed by atoms with E-state index in [2.05, 4.69) is 367 Å². The maximum Gasteiger partial charge on any atom is 0.0257 e. The van der Waals surface area contributed by atoms with Crippen LogP contribution in [0.2, 0.25) is 0 Å². The van der Waals surface area contributed by atoms with Gasteiger partial charge in [0.1, 0.15) is 0 Å². The molecule has 22 rings (SSSR count). The fraction of sp³-hybridized carbons (Fsp3) is 0.364. The average Bonchev–Trinajstić information content (AvgIpc) is 0.830. The molecule has 132 heavy (non-hydrogen) atoms. The van der Waals surface area contributed by atoms with Gasteiger partial charge in [-0.2, -0.15) is 0 Å². The second-order valence-electron chi connectivity index (χ2n) is 37.5. The molecule has 0 aromatic heterocycles. The van der Waals surface area contributed by atoms with Gasteiger partial charge in [0.25, 0.3) is 0 Å². The SMILES string of the molecule is CCCCCCCCCCCCCCCCc1cc2c#cc3ccc(cc3)c3cccc(c#cc4ccc(cc4)c4cc(CCCCCCCCCCCCCCCC)cc(c#cc5ccc(cc5)c5cccc(c#cc6ccc(cc6)c6cc(CCCCCCCCCCCCCCCC)cc(c#cc7ccc(cc7)c7cccc(c#cc8ccc(cc8)c(c1)c2)c7)c6)c5)c4)c3. The van der Waals surface area contributed by atoms with Crippen molar-refractivity contribution in [3.8, 4) is 0 Å². The molecule has 0 amide bonds. The number of unbranched alkanes of at least 4 members (excludes halogenated alkanes) is 39. The van der Waals surface area contributed by atoms with Crippen molar-refractivity contribution in [1.29, 1.82) is 0 Å². The van der Waals surface area contributed by atoms with Gasteiger partial charge in [0, 0.05) is 64.6 Å². The summed E-state index contributed by atoms with van der Waals surface area (Å²) in [6.07, 6.45) is 59.9. The van der Waals surface area contributed by atoms with E-state index in [-0.39, 0.29) is 0 Å². The van der Waals surface area contributed by atoms with Gasteiger partial charge in [0.05, 0.1) is 0 Å². The Kier molecular flexibility index (Phi) is 41.9. The zero-order chi connectivity index (χ0) is 90.7. The predicted octanol–water partition coefficient (Wildman–Crippen LogP) is 39.6. The van der Waals surface area contributed by atoms with E-state index < -0.39 is 0 Å². The first-order valence-corrected chi connectivity index (χ1v) is 51.8. The fourth-order valence-electron chi connectivity index (χ4n) is 18.5. The first-order chi connectivity index (χ1) is 65.3. The number of hydrogen-bond acceptors (Lipinski definition) is 0. The van der Waals surface area contributed by atoms with Crippen molar-refractivity contribution in [3.63, 3.8) is 0 Å². The zero-order valence-electron chi connectivity index (χ0n) is 80.3. The predicted molar refractivity (Wildman–Crippen MR) is 577 cm³/mol. The number of aryl methyl sites for hydroxylation is 3. The van der Waals surface area contributed by atoms with Crippen LogP contribution in [-0.2, 0) is 19.3 Å². The van der Waals surface area contributed by atoms with Crippen molar-refractivity contribution in [3.05, 3.63) is 362 Å². The first-order valence-electron chi connectivity index (χ1n) is 51.8. The Morgan fingerprint density at radius 2 is 0.280 bits per heavy atom. The van der Waals surface area contributed by atoms with Gasteiger partial charge in [0.15, 0.2) is 0 Å². The van der Waals surface area contributed by atoms with Gasteiger partial charge in [-0.3, -0.25) is 0 Å². The lowest BCUT2D eigenvalue weighted by molar-refractivity contribution is 0.535. The third-order valence-electron chi connectivity index (χ3n) is 26.4. The molecule has 0 fully saturated rings. The molecule has 672 valence electrons. The van der Waals surface area contributed by atoms with Crippen LogP contribution in [0.25, 0.3) is 129 Å². The van der Waals surface area contributed by atoms with Gasteiger partial charge in [-0.05, 0) is 265 Å². The smallest absolute Gasteiger partial charge is 0.0257 e. The molecule has 0 radical (unpaired) electrons. The van der Waals surface area contributed by atoms with Gasteiger partial charge in [-0.25, -0.2) is 0 Å². The van der Waals surface area contributed by atoms with Crippen molar-refractivity contribution in [1.82, 2.24) is 0 Å². The highest BCUT2D eigenvalue weighted by atomic mass is 14.1. The van der Waals surface area contributed by atoms with E-state index in [1.54, 1.807) is 0 Å². The molecule has 22 aromatic carbocycles. The maximum absolute atomic E-state index is 3.63. The van der Waals surface area contributed by atoms with E-state index in [0.717, 1.165) is 116 Å². The Labute approximate surface area is 795 Å². The third-order valence-corrected chi connectivity index (χ3v) is 26.4. The fourth-order valence-corrected chi connectivity index (χ4v) is 18.5. The molecular formula is C132H144. The average molecular weight is 1730 g/mol.